The number of sulfonamides is 2. The molecule has 1 saturated heterocycles. The minimum atomic E-state index is -3.88. The van der Waals surface area contributed by atoms with Gasteiger partial charge in [-0.05, 0) is 73.9 Å². The van der Waals surface area contributed by atoms with Crippen LogP contribution in [0.4, 0.5) is 11.4 Å². The van der Waals surface area contributed by atoms with Crippen molar-refractivity contribution < 1.29 is 21.6 Å². The summed E-state index contributed by atoms with van der Waals surface area (Å²) < 4.78 is 55.5. The fraction of sp³-hybridized carbons (Fsp3) is 0.269. The number of anilines is 2. The third-order valence-corrected chi connectivity index (χ3v) is 10.7. The summed E-state index contributed by atoms with van der Waals surface area (Å²) in [6.07, 6.45) is 1.03. The molecule has 1 aliphatic rings. The minimum Gasteiger partial charge on any atom is -0.326 e. The van der Waals surface area contributed by atoms with Gasteiger partial charge < -0.3 is 5.32 Å². The molecular weight excluding hydrogens is 605 g/mol. The summed E-state index contributed by atoms with van der Waals surface area (Å²) in [4.78, 5) is 13.0. The van der Waals surface area contributed by atoms with Crippen LogP contribution < -0.4 is 10.0 Å². The van der Waals surface area contributed by atoms with Gasteiger partial charge in [0.2, 0.25) is 15.9 Å². The lowest BCUT2D eigenvalue weighted by Gasteiger charge is -2.31. The summed E-state index contributed by atoms with van der Waals surface area (Å²) in [5.41, 5.74) is 1.86. The number of benzene rings is 3. The number of carbonyl (C=O) groups excluding carboxylic acids is 1. The van der Waals surface area contributed by atoms with E-state index in [-0.39, 0.29) is 33.1 Å². The van der Waals surface area contributed by atoms with Gasteiger partial charge in [0.1, 0.15) is 0 Å². The van der Waals surface area contributed by atoms with Crippen LogP contribution in [0, 0.1) is 12.8 Å². The summed E-state index contributed by atoms with van der Waals surface area (Å²) in [6, 6.07) is 15.4. The van der Waals surface area contributed by atoms with Gasteiger partial charge in [-0.3, -0.25) is 9.52 Å². The predicted octanol–water partition coefficient (Wildman–Crippen LogP) is 5.94. The second-order valence-corrected chi connectivity index (χ2v) is 14.1. The van der Waals surface area contributed by atoms with Crippen LogP contribution in [0.1, 0.15) is 24.0 Å². The smallest absolute Gasteiger partial charge is 0.261 e. The lowest BCUT2D eigenvalue weighted by molar-refractivity contribution is -0.120. The monoisotopic (exact) mass is 629 g/mol. The lowest BCUT2D eigenvalue weighted by Crippen LogP contribution is -2.44. The highest BCUT2D eigenvalue weighted by atomic mass is 35.5. The number of rotatable bonds is 8. The van der Waals surface area contributed by atoms with E-state index in [1.807, 2.05) is 6.92 Å². The summed E-state index contributed by atoms with van der Waals surface area (Å²) >= 11 is 18.4. The molecule has 0 aromatic heterocycles. The van der Waals surface area contributed by atoms with Gasteiger partial charge in [-0.25, -0.2) is 21.1 Å². The first-order valence-electron chi connectivity index (χ1n) is 12.0. The number of aryl methyl sites for hydroxylation is 1. The van der Waals surface area contributed by atoms with Crippen LogP contribution in [0.2, 0.25) is 15.1 Å². The van der Waals surface area contributed by atoms with E-state index in [0.29, 0.717) is 41.3 Å². The molecule has 1 amide bonds. The van der Waals surface area contributed by atoms with Gasteiger partial charge in [0.25, 0.3) is 10.0 Å². The van der Waals surface area contributed by atoms with Crippen molar-refractivity contribution in [2.24, 2.45) is 5.92 Å². The molecule has 3 aromatic carbocycles. The molecule has 1 atom stereocenters. The van der Waals surface area contributed by atoms with Gasteiger partial charge in [-0.2, -0.15) is 0 Å². The number of nitrogens with zero attached hydrogens (tertiary/aromatic N) is 1. The largest absolute Gasteiger partial charge is 0.326 e. The van der Waals surface area contributed by atoms with Crippen LogP contribution in [0.25, 0.3) is 0 Å². The van der Waals surface area contributed by atoms with Crippen LogP contribution >= 0.6 is 34.8 Å². The van der Waals surface area contributed by atoms with E-state index in [1.165, 1.54) is 34.6 Å². The van der Waals surface area contributed by atoms with E-state index < -0.39 is 26.0 Å². The molecule has 0 aliphatic carbocycles. The quantitative estimate of drug-likeness (QED) is 0.320. The summed E-state index contributed by atoms with van der Waals surface area (Å²) in [6.45, 7) is 2.12. The zero-order chi connectivity index (χ0) is 28.4. The van der Waals surface area contributed by atoms with E-state index >= 15 is 0 Å². The molecule has 0 spiro atoms. The second-order valence-electron chi connectivity index (χ2n) is 9.24. The Morgan fingerprint density at radius 2 is 1.56 bits per heavy atom. The van der Waals surface area contributed by atoms with Crippen LogP contribution in [0.5, 0.6) is 0 Å². The van der Waals surface area contributed by atoms with Crippen LogP contribution in [0.15, 0.2) is 65.6 Å². The molecule has 208 valence electrons. The number of hydrogen-bond acceptors (Lipinski definition) is 5. The summed E-state index contributed by atoms with van der Waals surface area (Å²) in [5.74, 6) is -1.29. The second kappa shape index (κ2) is 12.0. The fourth-order valence-electron chi connectivity index (χ4n) is 4.19. The molecule has 3 aromatic rings. The first-order chi connectivity index (χ1) is 18.4. The van der Waals surface area contributed by atoms with E-state index in [9.17, 15) is 21.6 Å². The highest BCUT2D eigenvalue weighted by Crippen LogP contribution is 2.29. The first-order valence-corrected chi connectivity index (χ1v) is 16.2. The topological polar surface area (TPSA) is 113 Å². The van der Waals surface area contributed by atoms with Gasteiger partial charge in [-0.15, -0.1) is 0 Å². The SMILES string of the molecule is Cc1ccc(NS(=O)(=O)c2ccc(NC(=O)C3CCCN(S(=O)(=O)Cc4c(Cl)cccc4Cl)C3)cc2)cc1Cl. The lowest BCUT2D eigenvalue weighted by atomic mass is 9.99. The van der Waals surface area contributed by atoms with Crippen LogP contribution in [-0.4, -0.2) is 40.1 Å². The molecule has 1 aliphatic heterocycles. The highest BCUT2D eigenvalue weighted by Gasteiger charge is 2.33. The number of carbonyl (C=O) groups is 1. The Labute approximate surface area is 243 Å². The molecule has 1 fully saturated rings. The maximum atomic E-state index is 13.1. The average Bonchev–Trinajstić information content (AvgIpc) is 2.89. The molecule has 0 saturated carbocycles. The van der Waals surface area contributed by atoms with Gasteiger partial charge in [-0.1, -0.05) is 46.9 Å². The van der Waals surface area contributed by atoms with E-state index in [0.717, 1.165) is 5.56 Å². The number of hydrogen-bond donors (Lipinski definition) is 2. The van der Waals surface area contributed by atoms with Gasteiger partial charge in [0.15, 0.2) is 0 Å². The Morgan fingerprint density at radius 3 is 2.21 bits per heavy atom. The third kappa shape index (κ3) is 7.25. The molecule has 4 rings (SSSR count). The fourth-order valence-corrected chi connectivity index (χ4v) is 7.78. The Morgan fingerprint density at radius 1 is 0.923 bits per heavy atom. The molecule has 0 radical (unpaired) electrons. The number of piperidine rings is 1. The van der Waals surface area contributed by atoms with Gasteiger partial charge in [0.05, 0.1) is 22.3 Å². The van der Waals surface area contributed by atoms with Crippen molar-refractivity contribution in [2.75, 3.05) is 23.1 Å². The number of amides is 1. The number of halogens is 3. The van der Waals surface area contributed by atoms with E-state index in [2.05, 4.69) is 10.0 Å². The van der Waals surface area contributed by atoms with Crippen LogP contribution in [-0.2, 0) is 30.6 Å². The molecule has 39 heavy (non-hydrogen) atoms. The van der Waals surface area contributed by atoms with E-state index in [1.54, 1.807) is 30.3 Å². The van der Waals surface area contributed by atoms with Crippen molar-refractivity contribution in [3.05, 3.63) is 86.9 Å². The van der Waals surface area contributed by atoms with Gasteiger partial charge in [0, 0.05) is 39.4 Å². The Kier molecular flexibility index (Phi) is 9.15. The summed E-state index contributed by atoms with van der Waals surface area (Å²) in [5, 5.41) is 3.73. The summed E-state index contributed by atoms with van der Waals surface area (Å²) in [7, 11) is -7.65. The molecule has 8 nitrogen and oxygen atoms in total. The zero-order valence-corrected chi connectivity index (χ0v) is 24.7. The predicted molar refractivity (Wildman–Crippen MR) is 155 cm³/mol. The zero-order valence-electron chi connectivity index (χ0n) is 20.8. The van der Waals surface area contributed by atoms with Crippen molar-refractivity contribution in [2.45, 2.75) is 30.4 Å². The molecule has 0 bridgehead atoms. The van der Waals surface area contributed by atoms with Crippen LogP contribution in [0.3, 0.4) is 0 Å². The van der Waals surface area contributed by atoms with Crippen molar-refractivity contribution in [3.63, 3.8) is 0 Å². The molecule has 1 heterocycles. The maximum absolute atomic E-state index is 13.1. The van der Waals surface area contributed by atoms with E-state index in [4.69, 9.17) is 34.8 Å². The molecular formula is C26H26Cl3N3O5S2. The molecule has 13 heteroatoms. The molecule has 2 N–H and O–H groups in total. The Balaban J connectivity index is 1.40. The highest BCUT2D eigenvalue weighted by molar-refractivity contribution is 7.92. The Bertz CT molecular complexity index is 1580. The first kappa shape index (κ1) is 29.6. The number of nitrogens with one attached hydrogen (secondary N) is 2. The minimum absolute atomic E-state index is 0.00497. The van der Waals surface area contributed by atoms with Crippen molar-refractivity contribution >= 4 is 72.1 Å². The third-order valence-electron chi connectivity index (χ3n) is 6.39. The normalized spacial score (nSPS) is 16.6. The maximum Gasteiger partial charge on any atom is 0.261 e. The average molecular weight is 631 g/mol. The standard InChI is InChI=1S/C26H26Cl3N3O5S2/c1-17-7-8-20(14-25(17)29)31-39(36,37)21-11-9-19(10-12-21)30-26(33)18-4-3-13-32(15-18)38(34,35)16-22-23(27)5-2-6-24(22)28/h2,5-12,14,18,31H,3-4,13,15-16H2,1H3,(H,30,33). The van der Waals surface area contributed by atoms with Crippen molar-refractivity contribution in [3.8, 4) is 0 Å². The van der Waals surface area contributed by atoms with Crippen molar-refractivity contribution in [1.82, 2.24) is 4.31 Å². The molecule has 1 unspecified atom stereocenters. The van der Waals surface area contributed by atoms with Crippen molar-refractivity contribution in [1.29, 1.82) is 0 Å². The van der Waals surface area contributed by atoms with Gasteiger partial charge >= 0.3 is 0 Å². The Hall–Kier alpha value is -2.34.